The molecule has 3 amide bonds. The highest BCUT2D eigenvalue weighted by molar-refractivity contribution is 6.35. The highest BCUT2D eigenvalue weighted by Gasteiger charge is 2.34. The molecule has 16 heteroatoms. The maximum Gasteiger partial charge on any atom is 0.355 e. The van der Waals surface area contributed by atoms with Crippen molar-refractivity contribution in [1.82, 2.24) is 34.4 Å². The van der Waals surface area contributed by atoms with E-state index in [1.165, 1.54) is 12.1 Å². The minimum Gasteiger partial charge on any atom is -0.493 e. The number of amides is 3. The van der Waals surface area contributed by atoms with Gasteiger partial charge >= 0.3 is 5.97 Å². The number of aromatic nitrogens is 3. The number of nitrogens with zero attached hydrogens (tertiary/aromatic N) is 7. The number of piperidine rings is 1. The first-order chi connectivity index (χ1) is 35.5. The molecule has 2 aromatic heterocycles. The molecule has 9 rings (SSSR count). The topological polar surface area (TPSA) is 134 Å². The molecule has 3 aliphatic rings. The van der Waals surface area contributed by atoms with Crippen molar-refractivity contribution in [2.75, 3.05) is 63.9 Å². The van der Waals surface area contributed by atoms with E-state index < -0.39 is 5.60 Å². The van der Waals surface area contributed by atoms with Crippen LogP contribution in [0.5, 0.6) is 5.75 Å². The van der Waals surface area contributed by atoms with Gasteiger partial charge in [-0.05, 0) is 158 Å². The first-order valence-electron chi connectivity index (χ1n) is 26.2. The zero-order valence-corrected chi connectivity index (χ0v) is 44.7. The number of carbonyl (C=O) groups is 4. The average Bonchev–Trinajstić information content (AvgIpc) is 3.96. The maximum atomic E-state index is 14.7. The Kier molecular flexibility index (Phi) is 15.8. The van der Waals surface area contributed by atoms with Crippen LogP contribution in [-0.2, 0) is 40.9 Å². The summed E-state index contributed by atoms with van der Waals surface area (Å²) in [4.78, 5) is 59.8. The Labute approximate surface area is 438 Å². The van der Waals surface area contributed by atoms with Crippen LogP contribution in [0.15, 0.2) is 66.7 Å². The number of anilines is 1. The van der Waals surface area contributed by atoms with Crippen molar-refractivity contribution in [3.05, 3.63) is 111 Å². The van der Waals surface area contributed by atoms with Gasteiger partial charge in [-0.2, -0.15) is 5.10 Å². The van der Waals surface area contributed by atoms with E-state index in [9.17, 15) is 23.6 Å². The van der Waals surface area contributed by atoms with E-state index in [1.807, 2.05) is 87.6 Å². The molecule has 0 spiro atoms. The molecule has 392 valence electrons. The van der Waals surface area contributed by atoms with Crippen LogP contribution in [0.3, 0.4) is 0 Å². The average molecular weight is 1030 g/mol. The summed E-state index contributed by atoms with van der Waals surface area (Å²) in [5.74, 6) is 0.250. The fourth-order valence-electron chi connectivity index (χ4n) is 11.4. The smallest absolute Gasteiger partial charge is 0.355 e. The number of aryl methyl sites for hydroxylation is 3. The molecule has 4 aromatic carbocycles. The Morgan fingerprint density at radius 2 is 1.69 bits per heavy atom. The molecule has 3 aliphatic heterocycles. The standard InChI is InChI=1S/C58H70ClFN8O6/c1-37(13-20-51(70)61-36-69)68-35-42-33-44(15-17-46(42)56(68)71)66-28-25-65(26-29-66)34-40-21-23-64(24-22-40)27-30-67-54-48(18-19-49(59)53(54)52-38(2)62-63(7)39(52)3)47(55(67)57(72)74-58(4,5)6)11-9-31-73-50-12-8-10-41-32-43(60)14-16-45(41)50/h8,10,12,14-19,32-33,36-37,40H,9,11,13,20-31,34-35H2,1-7H3,(H,61,69,70). The molecular weight excluding hydrogens is 959 g/mol. The van der Waals surface area contributed by atoms with Crippen molar-refractivity contribution in [3.63, 3.8) is 0 Å². The monoisotopic (exact) mass is 1030 g/mol. The summed E-state index contributed by atoms with van der Waals surface area (Å²) in [5, 5.41) is 10.1. The lowest BCUT2D eigenvalue weighted by molar-refractivity contribution is -0.125. The first-order valence-corrected chi connectivity index (χ1v) is 26.6. The van der Waals surface area contributed by atoms with Crippen LogP contribution in [0.4, 0.5) is 10.1 Å². The molecular formula is C58H70ClFN8O6. The number of imide groups is 1. The summed E-state index contributed by atoms with van der Waals surface area (Å²) in [7, 11) is 1.94. The van der Waals surface area contributed by atoms with Crippen molar-refractivity contribution in [1.29, 1.82) is 0 Å². The van der Waals surface area contributed by atoms with Gasteiger partial charge in [0.05, 0.1) is 22.8 Å². The Balaban J connectivity index is 0.871. The van der Waals surface area contributed by atoms with E-state index in [-0.39, 0.29) is 36.1 Å². The largest absolute Gasteiger partial charge is 0.493 e. The summed E-state index contributed by atoms with van der Waals surface area (Å²) in [6.45, 7) is 20.6. The fraction of sp³-hybridized carbons (Fsp3) is 0.466. The van der Waals surface area contributed by atoms with E-state index in [4.69, 9.17) is 26.2 Å². The van der Waals surface area contributed by atoms with Crippen LogP contribution in [0.1, 0.15) is 103 Å². The summed E-state index contributed by atoms with van der Waals surface area (Å²) in [6.07, 6.45) is 4.40. The lowest BCUT2D eigenvalue weighted by Gasteiger charge is -2.39. The number of piperazine rings is 1. The molecule has 6 aromatic rings. The molecule has 5 heterocycles. The number of hydrogen-bond donors (Lipinski definition) is 1. The first kappa shape index (κ1) is 52.6. The predicted molar refractivity (Wildman–Crippen MR) is 289 cm³/mol. The zero-order chi connectivity index (χ0) is 52.4. The molecule has 14 nitrogen and oxygen atoms in total. The lowest BCUT2D eigenvalue weighted by Crippen LogP contribution is -2.49. The van der Waals surface area contributed by atoms with Crippen molar-refractivity contribution in [2.24, 2.45) is 13.0 Å². The van der Waals surface area contributed by atoms with E-state index in [1.54, 1.807) is 6.07 Å². The summed E-state index contributed by atoms with van der Waals surface area (Å²) in [6, 6.07) is 20.4. The number of carbonyl (C=O) groups excluding carboxylic acids is 4. The number of rotatable bonds is 18. The molecule has 0 aliphatic carbocycles. The molecule has 2 fully saturated rings. The van der Waals surface area contributed by atoms with Gasteiger partial charge in [0.25, 0.3) is 5.91 Å². The minimum atomic E-state index is -0.730. The number of hydrogen-bond acceptors (Lipinski definition) is 10. The Bertz CT molecular complexity index is 3070. The second-order valence-electron chi connectivity index (χ2n) is 21.5. The normalized spacial score (nSPS) is 16.3. The molecule has 0 radical (unpaired) electrons. The van der Waals surface area contributed by atoms with E-state index in [0.717, 1.165) is 132 Å². The number of likely N-dealkylation sites (tertiary alicyclic amines) is 1. The van der Waals surface area contributed by atoms with Gasteiger partial charge in [-0.3, -0.25) is 29.3 Å². The summed E-state index contributed by atoms with van der Waals surface area (Å²) < 4.78 is 30.7. The van der Waals surface area contributed by atoms with Gasteiger partial charge in [-0.25, -0.2) is 9.18 Å². The number of nitrogens with one attached hydrogen (secondary N) is 1. The third-order valence-corrected chi connectivity index (χ3v) is 15.6. The highest BCUT2D eigenvalue weighted by Crippen LogP contribution is 2.43. The second kappa shape index (κ2) is 22.3. The van der Waals surface area contributed by atoms with E-state index in [0.29, 0.717) is 67.8 Å². The fourth-order valence-corrected chi connectivity index (χ4v) is 11.6. The third-order valence-electron chi connectivity index (χ3n) is 15.3. The molecule has 1 unspecified atom stereocenters. The SMILES string of the molecule is Cc1nn(C)c(C)c1-c1c(Cl)ccc2c(CCCOc3cccc4cc(F)ccc34)c(C(=O)OC(C)(C)C)n(CCN3CCC(CN4CCN(c5ccc6c(c5)CN(C(C)CCC(=O)NC=O)C6=O)CC4)CC3)c12. The van der Waals surface area contributed by atoms with Crippen LogP contribution >= 0.6 is 11.6 Å². The Morgan fingerprint density at radius 1 is 0.932 bits per heavy atom. The minimum absolute atomic E-state index is 0.0123. The van der Waals surface area contributed by atoms with Crippen molar-refractivity contribution in [2.45, 2.75) is 105 Å². The van der Waals surface area contributed by atoms with Gasteiger partial charge in [0.2, 0.25) is 12.3 Å². The van der Waals surface area contributed by atoms with Gasteiger partial charge in [0.1, 0.15) is 22.9 Å². The molecule has 1 atom stereocenters. The quantitative estimate of drug-likeness (QED) is 0.0504. The van der Waals surface area contributed by atoms with Gasteiger partial charge in [-0.1, -0.05) is 29.8 Å². The van der Waals surface area contributed by atoms with Gasteiger partial charge in [0, 0.05) is 111 Å². The van der Waals surface area contributed by atoms with Crippen molar-refractivity contribution < 1.29 is 33.0 Å². The molecule has 2 saturated heterocycles. The Hall–Kier alpha value is -6.29. The van der Waals surface area contributed by atoms with Crippen LogP contribution in [0, 0.1) is 25.6 Å². The molecule has 0 saturated carbocycles. The summed E-state index contributed by atoms with van der Waals surface area (Å²) >= 11 is 7.25. The second-order valence-corrected chi connectivity index (χ2v) is 21.9. The molecule has 1 N–H and O–H groups in total. The number of fused-ring (bicyclic) bond motifs is 3. The highest BCUT2D eigenvalue weighted by atomic mass is 35.5. The third kappa shape index (κ3) is 11.3. The number of benzene rings is 4. The number of halogens is 2. The zero-order valence-electron chi connectivity index (χ0n) is 43.9. The van der Waals surface area contributed by atoms with Gasteiger partial charge in [0.15, 0.2) is 0 Å². The Morgan fingerprint density at radius 3 is 2.41 bits per heavy atom. The van der Waals surface area contributed by atoms with Crippen molar-refractivity contribution in [3.8, 4) is 16.9 Å². The number of esters is 1. The van der Waals surface area contributed by atoms with Crippen LogP contribution in [0.2, 0.25) is 5.02 Å². The number of ether oxygens (including phenoxy) is 2. The van der Waals surface area contributed by atoms with Crippen LogP contribution < -0.4 is 15.0 Å². The summed E-state index contributed by atoms with van der Waals surface area (Å²) in [5.41, 5.74) is 8.13. The van der Waals surface area contributed by atoms with Gasteiger partial charge in [-0.15, -0.1) is 0 Å². The van der Waals surface area contributed by atoms with E-state index >= 15 is 0 Å². The molecule has 74 heavy (non-hydrogen) atoms. The van der Waals surface area contributed by atoms with Gasteiger partial charge < -0.3 is 28.7 Å². The molecule has 0 bridgehead atoms. The lowest BCUT2D eigenvalue weighted by atomic mass is 9.96. The maximum absolute atomic E-state index is 14.7. The predicted octanol–water partition coefficient (Wildman–Crippen LogP) is 9.50. The van der Waals surface area contributed by atoms with Crippen molar-refractivity contribution >= 4 is 63.2 Å². The van der Waals surface area contributed by atoms with Crippen LogP contribution in [-0.4, -0.2) is 124 Å². The van der Waals surface area contributed by atoms with Crippen LogP contribution in [0.25, 0.3) is 32.8 Å². The van der Waals surface area contributed by atoms with E-state index in [2.05, 4.69) is 43.6 Å².